The zero-order valence-electron chi connectivity index (χ0n) is 12.8. The first-order valence-electron chi connectivity index (χ1n) is 7.87. The van der Waals surface area contributed by atoms with E-state index in [9.17, 15) is 9.18 Å². The van der Waals surface area contributed by atoms with Crippen LogP contribution in [-0.2, 0) is 0 Å². The maximum Gasteiger partial charge on any atom is 0.274 e. The predicted molar refractivity (Wildman–Crippen MR) is 86.9 cm³/mol. The van der Waals surface area contributed by atoms with E-state index in [1.54, 1.807) is 24.4 Å². The van der Waals surface area contributed by atoms with Crippen molar-refractivity contribution in [1.29, 1.82) is 0 Å². The van der Waals surface area contributed by atoms with Crippen molar-refractivity contribution < 1.29 is 9.18 Å². The highest BCUT2D eigenvalue weighted by Gasteiger charge is 2.15. The van der Waals surface area contributed by atoms with E-state index in [2.05, 4.69) is 20.6 Å². The molecule has 6 heteroatoms. The fourth-order valence-electron chi connectivity index (χ4n) is 2.75. The first kappa shape index (κ1) is 15.4. The molecular formula is C17H19FN4O. The van der Waals surface area contributed by atoms with Gasteiger partial charge in [0.2, 0.25) is 5.95 Å². The Morgan fingerprint density at radius 2 is 2.00 bits per heavy atom. The molecule has 2 aromatic rings. The highest BCUT2D eigenvalue weighted by molar-refractivity contribution is 6.02. The first-order valence-corrected chi connectivity index (χ1v) is 7.87. The number of amides is 1. The normalized spacial score (nSPS) is 15.2. The molecule has 0 aliphatic heterocycles. The second-order valence-corrected chi connectivity index (χ2v) is 5.71. The van der Waals surface area contributed by atoms with Crippen molar-refractivity contribution in [2.45, 2.75) is 38.1 Å². The van der Waals surface area contributed by atoms with Crippen LogP contribution in [-0.4, -0.2) is 21.9 Å². The number of carbonyl (C=O) groups is 1. The van der Waals surface area contributed by atoms with Crippen molar-refractivity contribution >= 4 is 17.5 Å². The number of carbonyl (C=O) groups excluding carboxylic acids is 1. The molecule has 1 aliphatic carbocycles. The van der Waals surface area contributed by atoms with Crippen LogP contribution in [0.4, 0.5) is 16.0 Å². The maximum atomic E-state index is 13.2. The summed E-state index contributed by atoms with van der Waals surface area (Å²) in [6, 6.07) is 7.67. The van der Waals surface area contributed by atoms with Gasteiger partial charge in [-0.15, -0.1) is 0 Å². The molecule has 2 N–H and O–H groups in total. The number of anilines is 2. The van der Waals surface area contributed by atoms with Gasteiger partial charge in [0.25, 0.3) is 5.91 Å². The molecule has 0 atom stereocenters. The fraction of sp³-hybridized carbons (Fsp3) is 0.353. The topological polar surface area (TPSA) is 66.9 Å². The van der Waals surface area contributed by atoms with Crippen molar-refractivity contribution in [1.82, 2.24) is 9.97 Å². The van der Waals surface area contributed by atoms with Gasteiger partial charge in [-0.1, -0.05) is 25.3 Å². The lowest BCUT2D eigenvalue weighted by Gasteiger charge is -2.22. The summed E-state index contributed by atoms with van der Waals surface area (Å²) in [6.07, 6.45) is 7.44. The smallest absolute Gasteiger partial charge is 0.274 e. The molecule has 23 heavy (non-hydrogen) atoms. The maximum absolute atomic E-state index is 13.2. The molecule has 5 nitrogen and oxygen atoms in total. The molecule has 0 unspecified atom stereocenters. The lowest BCUT2D eigenvalue weighted by molar-refractivity contribution is 0.102. The van der Waals surface area contributed by atoms with Gasteiger partial charge < -0.3 is 10.6 Å². The standard InChI is InChI=1S/C17H19FN4O/c18-12-5-4-8-14(11-12)20-16(23)15-9-10-19-17(22-15)21-13-6-2-1-3-7-13/h4-5,8-11,13H,1-3,6-7H2,(H,20,23)(H,19,21,22). The van der Waals surface area contributed by atoms with Gasteiger partial charge in [-0.25, -0.2) is 14.4 Å². The Morgan fingerprint density at radius 3 is 2.78 bits per heavy atom. The molecule has 1 aliphatic rings. The summed E-state index contributed by atoms with van der Waals surface area (Å²) in [5, 5.41) is 5.92. The second kappa shape index (κ2) is 7.17. The van der Waals surface area contributed by atoms with Crippen LogP contribution in [0.25, 0.3) is 0 Å². The molecule has 120 valence electrons. The Balaban J connectivity index is 1.67. The summed E-state index contributed by atoms with van der Waals surface area (Å²) in [5.41, 5.74) is 0.651. The summed E-state index contributed by atoms with van der Waals surface area (Å²) in [6.45, 7) is 0. The van der Waals surface area contributed by atoms with Gasteiger partial charge in [0.1, 0.15) is 11.5 Å². The van der Waals surface area contributed by atoms with E-state index >= 15 is 0 Å². The van der Waals surface area contributed by atoms with Crippen LogP contribution >= 0.6 is 0 Å². The third-order valence-electron chi connectivity index (χ3n) is 3.91. The number of rotatable bonds is 4. The Bertz CT molecular complexity index is 686. The van der Waals surface area contributed by atoms with Crippen molar-refractivity contribution in [3.8, 4) is 0 Å². The van der Waals surface area contributed by atoms with Crippen LogP contribution in [0.2, 0.25) is 0 Å². The third-order valence-corrected chi connectivity index (χ3v) is 3.91. The molecule has 1 heterocycles. The lowest BCUT2D eigenvalue weighted by atomic mass is 9.96. The number of halogens is 1. The molecule has 0 bridgehead atoms. The van der Waals surface area contributed by atoms with E-state index in [0.29, 0.717) is 17.7 Å². The Morgan fingerprint density at radius 1 is 1.17 bits per heavy atom. The summed E-state index contributed by atoms with van der Waals surface area (Å²) in [5.74, 6) is -0.321. The van der Waals surface area contributed by atoms with E-state index in [4.69, 9.17) is 0 Å². The number of nitrogens with zero attached hydrogens (tertiary/aromatic N) is 2. The minimum atomic E-state index is -0.398. The van der Waals surface area contributed by atoms with Crippen LogP contribution in [0.5, 0.6) is 0 Å². The van der Waals surface area contributed by atoms with Gasteiger partial charge >= 0.3 is 0 Å². The SMILES string of the molecule is O=C(Nc1cccc(F)c1)c1ccnc(NC2CCCCC2)n1. The van der Waals surface area contributed by atoms with Crippen LogP contribution in [0.1, 0.15) is 42.6 Å². The first-order chi connectivity index (χ1) is 11.2. The number of hydrogen-bond donors (Lipinski definition) is 2. The summed E-state index contributed by atoms with van der Waals surface area (Å²) >= 11 is 0. The quantitative estimate of drug-likeness (QED) is 0.904. The molecule has 0 saturated heterocycles. The van der Waals surface area contributed by atoms with Crippen LogP contribution in [0.15, 0.2) is 36.5 Å². The Hall–Kier alpha value is -2.50. The number of benzene rings is 1. The van der Waals surface area contributed by atoms with Gasteiger partial charge in [0.15, 0.2) is 0 Å². The summed E-state index contributed by atoms with van der Waals surface area (Å²) in [4.78, 5) is 20.7. The van der Waals surface area contributed by atoms with Crippen molar-refractivity contribution in [2.75, 3.05) is 10.6 Å². The van der Waals surface area contributed by atoms with Gasteiger partial charge in [-0.05, 0) is 37.1 Å². The van der Waals surface area contributed by atoms with Crippen LogP contribution < -0.4 is 10.6 Å². The Labute approximate surface area is 134 Å². The number of hydrogen-bond acceptors (Lipinski definition) is 4. The third kappa shape index (κ3) is 4.25. The molecule has 1 aromatic heterocycles. The largest absolute Gasteiger partial charge is 0.351 e. The minimum Gasteiger partial charge on any atom is -0.351 e. The van der Waals surface area contributed by atoms with Gasteiger partial charge in [0, 0.05) is 17.9 Å². The number of aromatic nitrogens is 2. The minimum absolute atomic E-state index is 0.252. The van der Waals surface area contributed by atoms with Crippen LogP contribution in [0.3, 0.4) is 0 Å². The molecule has 1 amide bonds. The van der Waals surface area contributed by atoms with E-state index in [1.165, 1.54) is 31.4 Å². The van der Waals surface area contributed by atoms with Crippen molar-refractivity contribution in [3.05, 3.63) is 48.0 Å². The average Bonchev–Trinajstić information content (AvgIpc) is 2.56. The van der Waals surface area contributed by atoms with E-state index < -0.39 is 5.82 Å². The van der Waals surface area contributed by atoms with E-state index in [0.717, 1.165) is 12.8 Å². The van der Waals surface area contributed by atoms with Crippen LogP contribution in [0, 0.1) is 5.82 Å². The lowest BCUT2D eigenvalue weighted by Crippen LogP contribution is -2.24. The highest BCUT2D eigenvalue weighted by Crippen LogP contribution is 2.20. The summed E-state index contributed by atoms with van der Waals surface area (Å²) in [7, 11) is 0. The van der Waals surface area contributed by atoms with Crippen molar-refractivity contribution in [2.24, 2.45) is 0 Å². The molecule has 1 fully saturated rings. The predicted octanol–water partition coefficient (Wildman–Crippen LogP) is 3.61. The Kier molecular flexibility index (Phi) is 4.80. The second-order valence-electron chi connectivity index (χ2n) is 5.71. The van der Waals surface area contributed by atoms with E-state index in [-0.39, 0.29) is 11.6 Å². The average molecular weight is 314 g/mol. The highest BCUT2D eigenvalue weighted by atomic mass is 19.1. The van der Waals surface area contributed by atoms with Crippen molar-refractivity contribution in [3.63, 3.8) is 0 Å². The molecule has 0 spiro atoms. The summed E-state index contributed by atoms with van der Waals surface area (Å²) < 4.78 is 13.2. The molecule has 1 aromatic carbocycles. The van der Waals surface area contributed by atoms with Gasteiger partial charge in [-0.3, -0.25) is 4.79 Å². The zero-order chi connectivity index (χ0) is 16.1. The fourth-order valence-corrected chi connectivity index (χ4v) is 2.75. The monoisotopic (exact) mass is 314 g/mol. The van der Waals surface area contributed by atoms with Gasteiger partial charge in [-0.2, -0.15) is 0 Å². The number of nitrogens with one attached hydrogen (secondary N) is 2. The zero-order valence-corrected chi connectivity index (χ0v) is 12.8. The van der Waals surface area contributed by atoms with Gasteiger partial charge in [0.05, 0.1) is 0 Å². The molecular weight excluding hydrogens is 295 g/mol. The molecule has 3 rings (SSSR count). The van der Waals surface area contributed by atoms with E-state index in [1.807, 2.05) is 0 Å². The molecule has 1 saturated carbocycles. The molecule has 0 radical (unpaired) electrons.